The van der Waals surface area contributed by atoms with E-state index in [2.05, 4.69) is 35.2 Å². The van der Waals surface area contributed by atoms with Gasteiger partial charge in [-0.15, -0.1) is 11.5 Å². The number of likely N-dealkylation sites (N-methyl/N-ethyl adjacent to an activating group) is 1. The molecule has 2 aliphatic heterocycles. The molecule has 2 heterocycles. The Morgan fingerprint density at radius 2 is 2.00 bits per heavy atom. The van der Waals surface area contributed by atoms with Crippen LogP contribution in [0.4, 0.5) is 0 Å². The summed E-state index contributed by atoms with van der Waals surface area (Å²) in [6.07, 6.45) is 11.1. The van der Waals surface area contributed by atoms with Crippen LogP contribution in [0.5, 0.6) is 0 Å². The average molecular weight is 247 g/mol. The molecule has 0 saturated carbocycles. The van der Waals surface area contributed by atoms with Crippen LogP contribution in [0.3, 0.4) is 0 Å². The third-order valence-corrected chi connectivity index (χ3v) is 3.87. The molecule has 2 rings (SSSR count). The molecule has 2 aliphatic rings. The first-order valence-electron chi connectivity index (χ1n) is 6.62. The molecule has 0 amide bonds. The number of hydrogen-bond acceptors (Lipinski definition) is 4. The van der Waals surface area contributed by atoms with Crippen molar-refractivity contribution in [1.29, 1.82) is 0 Å². The Morgan fingerprint density at radius 3 is 2.61 bits per heavy atom. The van der Waals surface area contributed by atoms with E-state index in [0.717, 1.165) is 25.9 Å². The summed E-state index contributed by atoms with van der Waals surface area (Å²) in [6, 6.07) is 1.37. The van der Waals surface area contributed by atoms with E-state index in [1.807, 2.05) is 5.06 Å². The van der Waals surface area contributed by atoms with E-state index in [-0.39, 0.29) is 0 Å². The predicted octanol–water partition coefficient (Wildman–Crippen LogP) is 0.270. The van der Waals surface area contributed by atoms with Crippen molar-refractivity contribution in [2.24, 2.45) is 0 Å². The van der Waals surface area contributed by atoms with Gasteiger partial charge in [-0.3, -0.25) is 4.90 Å². The number of nitrogens with zero attached hydrogens (tertiary/aromatic N) is 2. The maximum Gasteiger partial charge on any atom is 0.152 e. The second kappa shape index (κ2) is 6.66. The molecule has 0 aromatic rings. The average Bonchev–Trinajstić information content (AvgIpc) is 2.89. The smallest absolute Gasteiger partial charge is 0.152 e. The minimum Gasteiger partial charge on any atom is -0.352 e. The molecule has 2 saturated heterocycles. The molecule has 0 bridgehead atoms. The highest BCUT2D eigenvalue weighted by Gasteiger charge is 2.30. The van der Waals surface area contributed by atoms with Gasteiger partial charge in [0.1, 0.15) is 0 Å². The Hall–Kier alpha value is -1.20. The van der Waals surface area contributed by atoms with Crippen molar-refractivity contribution in [3.8, 4) is 24.4 Å². The highest BCUT2D eigenvalue weighted by molar-refractivity contribution is 5.18. The Labute approximate surface area is 110 Å². The summed E-state index contributed by atoms with van der Waals surface area (Å²) in [6.45, 7) is 4.27. The molecule has 98 valence electrons. The van der Waals surface area contributed by atoms with E-state index in [4.69, 9.17) is 11.3 Å². The fourth-order valence-electron chi connectivity index (χ4n) is 2.77. The molecule has 4 heteroatoms. The number of piperidine rings is 1. The SMILES string of the molecule is C#CC#CON1CCC(N2CCC(NC)C2)CC1. The number of nitrogens with one attached hydrogen (secondary N) is 1. The van der Waals surface area contributed by atoms with Crippen molar-refractivity contribution in [3.63, 3.8) is 0 Å². The molecule has 0 spiro atoms. The second-order valence-corrected chi connectivity index (χ2v) is 4.89. The van der Waals surface area contributed by atoms with Gasteiger partial charge in [0, 0.05) is 44.2 Å². The zero-order valence-corrected chi connectivity index (χ0v) is 11.0. The van der Waals surface area contributed by atoms with E-state index < -0.39 is 0 Å². The molecule has 2 fully saturated rings. The van der Waals surface area contributed by atoms with E-state index in [9.17, 15) is 0 Å². The molecular formula is C14H21N3O. The summed E-state index contributed by atoms with van der Waals surface area (Å²) in [4.78, 5) is 7.88. The van der Waals surface area contributed by atoms with Crippen LogP contribution in [0, 0.1) is 24.4 Å². The van der Waals surface area contributed by atoms with Gasteiger partial charge in [0.05, 0.1) is 0 Å². The van der Waals surface area contributed by atoms with Crippen LogP contribution in [-0.2, 0) is 4.84 Å². The summed E-state index contributed by atoms with van der Waals surface area (Å²) in [5.41, 5.74) is 0. The minimum atomic E-state index is 0.667. The van der Waals surface area contributed by atoms with Crippen molar-refractivity contribution in [1.82, 2.24) is 15.3 Å². The normalized spacial score (nSPS) is 26.3. The van der Waals surface area contributed by atoms with Gasteiger partial charge in [0.15, 0.2) is 6.11 Å². The maximum absolute atomic E-state index is 5.28. The number of hydroxylamine groups is 2. The summed E-state index contributed by atoms with van der Waals surface area (Å²) >= 11 is 0. The molecule has 0 aliphatic carbocycles. The lowest BCUT2D eigenvalue weighted by Crippen LogP contribution is -2.44. The lowest BCUT2D eigenvalue weighted by molar-refractivity contribution is -0.112. The standard InChI is InChI=1S/C14H21N3O/c1-3-4-11-18-17-9-6-14(7-10-17)16-8-5-13(12-16)15-2/h1,13-15H,5-10,12H2,2H3. The van der Waals surface area contributed by atoms with E-state index in [1.54, 1.807) is 0 Å². The molecule has 4 nitrogen and oxygen atoms in total. The van der Waals surface area contributed by atoms with Crippen LogP contribution in [0.2, 0.25) is 0 Å². The maximum atomic E-state index is 5.28. The summed E-state index contributed by atoms with van der Waals surface area (Å²) in [5.74, 6) is 4.71. The van der Waals surface area contributed by atoms with Crippen LogP contribution < -0.4 is 5.32 Å². The lowest BCUT2D eigenvalue weighted by Gasteiger charge is -2.34. The first-order chi connectivity index (χ1) is 8.83. The van der Waals surface area contributed by atoms with Crippen molar-refractivity contribution in [2.75, 3.05) is 33.2 Å². The van der Waals surface area contributed by atoms with Crippen molar-refractivity contribution in [2.45, 2.75) is 31.3 Å². The zero-order valence-electron chi connectivity index (χ0n) is 11.0. The van der Waals surface area contributed by atoms with E-state index in [0.29, 0.717) is 12.1 Å². The Bertz CT molecular complexity index is 357. The minimum absolute atomic E-state index is 0.667. The third kappa shape index (κ3) is 3.40. The topological polar surface area (TPSA) is 27.7 Å². The summed E-state index contributed by atoms with van der Waals surface area (Å²) in [5, 5.41) is 5.27. The van der Waals surface area contributed by atoms with Gasteiger partial charge in [0.25, 0.3) is 0 Å². The highest BCUT2D eigenvalue weighted by Crippen LogP contribution is 2.21. The first-order valence-corrected chi connectivity index (χ1v) is 6.62. The number of hydrogen-bond donors (Lipinski definition) is 1. The molecule has 0 radical (unpaired) electrons. The zero-order chi connectivity index (χ0) is 12.8. The molecule has 18 heavy (non-hydrogen) atoms. The van der Waals surface area contributed by atoms with Crippen LogP contribution >= 0.6 is 0 Å². The molecule has 1 N–H and O–H groups in total. The van der Waals surface area contributed by atoms with Crippen molar-refractivity contribution >= 4 is 0 Å². The lowest BCUT2D eigenvalue weighted by atomic mass is 10.1. The van der Waals surface area contributed by atoms with Gasteiger partial charge in [-0.05, 0) is 32.2 Å². The Balaban J connectivity index is 1.72. The highest BCUT2D eigenvalue weighted by atomic mass is 16.7. The van der Waals surface area contributed by atoms with Crippen LogP contribution in [0.15, 0.2) is 0 Å². The van der Waals surface area contributed by atoms with Gasteiger partial charge in [-0.25, -0.2) is 0 Å². The van der Waals surface area contributed by atoms with Gasteiger partial charge in [-0.2, -0.15) is 0 Å². The Kier molecular flexibility index (Phi) is 4.90. The van der Waals surface area contributed by atoms with Crippen molar-refractivity contribution in [3.05, 3.63) is 0 Å². The summed E-state index contributed by atoms with van der Waals surface area (Å²) in [7, 11) is 2.05. The second-order valence-electron chi connectivity index (χ2n) is 4.89. The van der Waals surface area contributed by atoms with Gasteiger partial charge >= 0.3 is 0 Å². The fourth-order valence-corrected chi connectivity index (χ4v) is 2.77. The Morgan fingerprint density at radius 1 is 1.22 bits per heavy atom. The summed E-state index contributed by atoms with van der Waals surface area (Å²) < 4.78 is 0. The van der Waals surface area contributed by atoms with Gasteiger partial charge in [0.2, 0.25) is 0 Å². The quantitative estimate of drug-likeness (QED) is 0.725. The molecule has 1 atom stereocenters. The number of terminal acetylenes is 1. The van der Waals surface area contributed by atoms with E-state index in [1.165, 1.54) is 19.5 Å². The molecular weight excluding hydrogens is 226 g/mol. The van der Waals surface area contributed by atoms with Crippen LogP contribution in [0.25, 0.3) is 0 Å². The number of rotatable bonds is 3. The van der Waals surface area contributed by atoms with Crippen LogP contribution in [-0.4, -0.2) is 55.3 Å². The monoisotopic (exact) mass is 247 g/mol. The van der Waals surface area contributed by atoms with Gasteiger partial charge in [-0.1, -0.05) is 0 Å². The molecule has 0 aromatic carbocycles. The third-order valence-electron chi connectivity index (χ3n) is 3.87. The van der Waals surface area contributed by atoms with Crippen LogP contribution in [0.1, 0.15) is 19.3 Å². The van der Waals surface area contributed by atoms with Crippen molar-refractivity contribution < 1.29 is 4.84 Å². The molecule has 0 aromatic heterocycles. The molecule has 1 unspecified atom stereocenters. The van der Waals surface area contributed by atoms with E-state index >= 15 is 0 Å². The first kappa shape index (κ1) is 13.2. The predicted molar refractivity (Wildman–Crippen MR) is 71.3 cm³/mol. The largest absolute Gasteiger partial charge is 0.352 e. The van der Waals surface area contributed by atoms with Gasteiger partial charge < -0.3 is 10.2 Å². The fraction of sp³-hybridized carbons (Fsp3) is 0.714. The number of likely N-dealkylation sites (tertiary alicyclic amines) is 1.